The zero-order valence-electron chi connectivity index (χ0n) is 22.0. The number of nitrogens with one attached hydrogen (secondary N) is 2. The Morgan fingerprint density at radius 1 is 1.08 bits per heavy atom. The third kappa shape index (κ3) is 6.89. The second kappa shape index (κ2) is 12.9. The van der Waals surface area contributed by atoms with Crippen LogP contribution >= 0.6 is 0 Å². The summed E-state index contributed by atoms with van der Waals surface area (Å²) >= 11 is 0. The van der Waals surface area contributed by atoms with Crippen LogP contribution in [0.25, 0.3) is 0 Å². The molecule has 2 aromatic rings. The van der Waals surface area contributed by atoms with Gasteiger partial charge in [-0.2, -0.15) is 0 Å². The first-order valence-electron chi connectivity index (χ1n) is 13.9. The van der Waals surface area contributed by atoms with Crippen LogP contribution in [0.5, 0.6) is 0 Å². The highest BCUT2D eigenvalue weighted by Crippen LogP contribution is 2.38. The third-order valence-corrected chi connectivity index (χ3v) is 8.30. The van der Waals surface area contributed by atoms with Gasteiger partial charge in [0.15, 0.2) is 0 Å². The summed E-state index contributed by atoms with van der Waals surface area (Å²) in [5, 5.41) is 5.95. The van der Waals surface area contributed by atoms with Gasteiger partial charge in [-0.25, -0.2) is 9.78 Å². The lowest BCUT2D eigenvalue weighted by atomic mass is 9.73. The van der Waals surface area contributed by atoms with Crippen LogP contribution in [0.15, 0.2) is 42.9 Å². The molecule has 3 atom stereocenters. The summed E-state index contributed by atoms with van der Waals surface area (Å²) < 4.78 is 1.95. The van der Waals surface area contributed by atoms with Crippen LogP contribution < -0.4 is 10.6 Å². The number of benzene rings is 1. The van der Waals surface area contributed by atoms with Crippen LogP contribution in [0, 0.1) is 11.8 Å². The average Bonchev–Trinajstić information content (AvgIpc) is 3.33. The quantitative estimate of drug-likeness (QED) is 0.541. The van der Waals surface area contributed by atoms with Gasteiger partial charge in [0.25, 0.3) is 0 Å². The minimum Gasteiger partial charge on any atom is -0.338 e. The fraction of sp³-hybridized carbons (Fsp3) is 0.621. The van der Waals surface area contributed by atoms with Crippen molar-refractivity contribution in [3.05, 3.63) is 54.1 Å². The lowest BCUT2D eigenvalue weighted by molar-refractivity contribution is -0.138. The van der Waals surface area contributed by atoms with Crippen molar-refractivity contribution < 1.29 is 9.59 Å². The molecule has 0 spiro atoms. The van der Waals surface area contributed by atoms with Gasteiger partial charge >= 0.3 is 6.03 Å². The fourth-order valence-corrected chi connectivity index (χ4v) is 6.18. The molecular formula is C29H43N5O2. The van der Waals surface area contributed by atoms with Crippen LogP contribution in [0.4, 0.5) is 4.79 Å². The maximum Gasteiger partial charge on any atom is 0.315 e. The van der Waals surface area contributed by atoms with Crippen molar-refractivity contribution in [3.63, 3.8) is 0 Å². The van der Waals surface area contributed by atoms with Gasteiger partial charge in [0, 0.05) is 50.9 Å². The number of carbonyl (C=O) groups is 2. The van der Waals surface area contributed by atoms with Crippen molar-refractivity contribution in [1.29, 1.82) is 0 Å². The predicted molar refractivity (Wildman–Crippen MR) is 142 cm³/mol. The second-order valence-corrected chi connectivity index (χ2v) is 10.7. The molecule has 7 nitrogen and oxygen atoms in total. The van der Waals surface area contributed by atoms with Gasteiger partial charge < -0.3 is 20.1 Å². The summed E-state index contributed by atoms with van der Waals surface area (Å²) in [4.78, 5) is 32.9. The molecular weight excluding hydrogens is 450 g/mol. The number of aryl methyl sites for hydroxylation is 1. The van der Waals surface area contributed by atoms with E-state index in [-0.39, 0.29) is 18.0 Å². The molecule has 0 bridgehead atoms. The Labute approximate surface area is 216 Å². The molecule has 0 radical (unpaired) electrons. The van der Waals surface area contributed by atoms with Gasteiger partial charge in [-0.15, -0.1) is 0 Å². The van der Waals surface area contributed by atoms with Crippen molar-refractivity contribution in [3.8, 4) is 0 Å². The molecule has 196 valence electrons. The number of hydrogen-bond acceptors (Lipinski definition) is 3. The molecule has 1 saturated carbocycles. The third-order valence-electron chi connectivity index (χ3n) is 8.30. The van der Waals surface area contributed by atoms with Gasteiger partial charge in [-0.3, -0.25) is 4.79 Å². The normalized spacial score (nSPS) is 21.7. The Kier molecular flexibility index (Phi) is 9.42. The van der Waals surface area contributed by atoms with Crippen molar-refractivity contribution in [2.24, 2.45) is 18.9 Å². The molecule has 2 aliphatic rings. The lowest BCUT2D eigenvalue weighted by Crippen LogP contribution is -2.56. The Morgan fingerprint density at radius 2 is 1.86 bits per heavy atom. The molecule has 7 heteroatoms. The maximum absolute atomic E-state index is 13.9. The average molecular weight is 494 g/mol. The van der Waals surface area contributed by atoms with Gasteiger partial charge in [-0.1, -0.05) is 69.4 Å². The highest BCUT2D eigenvalue weighted by atomic mass is 16.2. The first-order chi connectivity index (χ1) is 17.5. The number of imidazole rings is 1. The molecule has 2 N–H and O–H groups in total. The van der Waals surface area contributed by atoms with E-state index in [2.05, 4.69) is 27.4 Å². The number of nitrogens with zero attached hydrogens (tertiary/aromatic N) is 3. The molecule has 2 heterocycles. The number of hydrogen-bond donors (Lipinski definition) is 2. The Morgan fingerprint density at radius 3 is 2.56 bits per heavy atom. The van der Waals surface area contributed by atoms with E-state index in [0.717, 1.165) is 48.9 Å². The molecule has 1 saturated heterocycles. The zero-order chi connectivity index (χ0) is 25.3. The molecule has 2 fully saturated rings. The SMILES string of the molecule is CCC1CC(C2CCCCC2)CCN1C(=O)[C@@H](Cc1ccccc1)NC(=O)NCCc1cncn1C. The summed E-state index contributed by atoms with van der Waals surface area (Å²) in [5.41, 5.74) is 2.11. The lowest BCUT2D eigenvalue weighted by Gasteiger charge is -2.44. The number of amides is 3. The fourth-order valence-electron chi connectivity index (χ4n) is 6.18. The smallest absolute Gasteiger partial charge is 0.315 e. The summed E-state index contributed by atoms with van der Waals surface area (Å²) in [5.74, 6) is 1.61. The second-order valence-electron chi connectivity index (χ2n) is 10.7. The van der Waals surface area contributed by atoms with Crippen molar-refractivity contribution >= 4 is 11.9 Å². The summed E-state index contributed by atoms with van der Waals surface area (Å²) in [6.45, 7) is 3.48. The molecule has 1 aromatic carbocycles. The number of piperidine rings is 1. The van der Waals surface area contributed by atoms with Gasteiger partial charge in [0.2, 0.25) is 5.91 Å². The minimum absolute atomic E-state index is 0.0505. The van der Waals surface area contributed by atoms with Crippen LogP contribution in [-0.4, -0.2) is 51.6 Å². The van der Waals surface area contributed by atoms with Crippen molar-refractivity contribution in [2.45, 2.75) is 83.2 Å². The molecule has 3 amide bonds. The summed E-state index contributed by atoms with van der Waals surface area (Å²) in [7, 11) is 1.94. The molecule has 36 heavy (non-hydrogen) atoms. The molecule has 2 unspecified atom stereocenters. The largest absolute Gasteiger partial charge is 0.338 e. The van der Waals surface area contributed by atoms with Crippen LogP contribution in [-0.2, 0) is 24.7 Å². The first-order valence-corrected chi connectivity index (χ1v) is 13.9. The molecule has 1 aromatic heterocycles. The van der Waals surface area contributed by atoms with Gasteiger partial charge in [-0.05, 0) is 36.7 Å². The summed E-state index contributed by atoms with van der Waals surface area (Å²) in [6, 6.07) is 9.36. The monoisotopic (exact) mass is 493 g/mol. The number of urea groups is 1. The zero-order valence-corrected chi connectivity index (χ0v) is 22.0. The molecule has 1 aliphatic heterocycles. The number of carbonyl (C=O) groups excluding carboxylic acids is 2. The Hall–Kier alpha value is -2.83. The number of rotatable bonds is 9. The van der Waals surface area contributed by atoms with Crippen LogP contribution in [0.2, 0.25) is 0 Å². The highest BCUT2D eigenvalue weighted by molar-refractivity contribution is 5.87. The molecule has 4 rings (SSSR count). The molecule has 1 aliphatic carbocycles. The predicted octanol–water partition coefficient (Wildman–Crippen LogP) is 4.47. The van der Waals surface area contributed by atoms with E-state index in [0.29, 0.717) is 19.4 Å². The van der Waals surface area contributed by atoms with E-state index in [1.54, 1.807) is 6.33 Å². The van der Waals surface area contributed by atoms with E-state index in [4.69, 9.17) is 0 Å². The highest BCUT2D eigenvalue weighted by Gasteiger charge is 2.37. The van der Waals surface area contributed by atoms with Crippen LogP contribution in [0.3, 0.4) is 0 Å². The summed E-state index contributed by atoms with van der Waals surface area (Å²) in [6.07, 6.45) is 14.7. The van der Waals surface area contributed by atoms with Crippen LogP contribution in [0.1, 0.15) is 69.5 Å². The van der Waals surface area contributed by atoms with E-state index < -0.39 is 6.04 Å². The standard InChI is InChI=1S/C29H43N5O2/c1-3-25-19-24(23-12-8-5-9-13-23)15-17-34(25)28(35)27(18-22-10-6-4-7-11-22)32-29(36)31-16-14-26-20-30-21-33(26)2/h4,6-7,10-11,20-21,23-25,27H,3,5,8-9,12-19H2,1-2H3,(H2,31,32,36)/t24?,25?,27-/m1/s1. The minimum atomic E-state index is -0.579. The Bertz CT molecular complexity index is 969. The van der Waals surface area contributed by atoms with Gasteiger partial charge in [0.05, 0.1) is 6.33 Å². The van der Waals surface area contributed by atoms with E-state index in [1.165, 1.54) is 32.1 Å². The van der Waals surface area contributed by atoms with Gasteiger partial charge in [0.1, 0.15) is 6.04 Å². The topological polar surface area (TPSA) is 79.3 Å². The van der Waals surface area contributed by atoms with E-state index in [1.807, 2.05) is 48.1 Å². The first kappa shape index (κ1) is 26.2. The van der Waals surface area contributed by atoms with E-state index in [9.17, 15) is 9.59 Å². The maximum atomic E-state index is 13.9. The number of aromatic nitrogens is 2. The van der Waals surface area contributed by atoms with Crippen molar-refractivity contribution in [1.82, 2.24) is 25.1 Å². The van der Waals surface area contributed by atoms with Crippen molar-refractivity contribution in [2.75, 3.05) is 13.1 Å². The van der Waals surface area contributed by atoms with E-state index >= 15 is 0 Å². The Balaban J connectivity index is 1.39. The number of likely N-dealkylation sites (tertiary alicyclic amines) is 1.